The van der Waals surface area contributed by atoms with Crippen LogP contribution in [0.5, 0.6) is 0 Å². The molecule has 1 aliphatic heterocycles. The largest absolute Gasteiger partial charge is 0.449 e. The first-order chi connectivity index (χ1) is 17.1. The Morgan fingerprint density at radius 3 is 2.44 bits per heavy atom. The minimum Gasteiger partial charge on any atom is -0.326 e. The van der Waals surface area contributed by atoms with Crippen molar-refractivity contribution in [1.29, 1.82) is 5.26 Å². The number of aromatic nitrogens is 2. The number of hydrogen-bond acceptors (Lipinski definition) is 5. The van der Waals surface area contributed by atoms with Crippen LogP contribution in [0, 0.1) is 17.2 Å². The van der Waals surface area contributed by atoms with E-state index in [-0.39, 0.29) is 17.4 Å². The van der Waals surface area contributed by atoms with Crippen LogP contribution in [-0.2, 0) is 4.79 Å². The van der Waals surface area contributed by atoms with Crippen molar-refractivity contribution in [3.8, 4) is 6.07 Å². The number of benzene rings is 1. The van der Waals surface area contributed by atoms with E-state index in [9.17, 15) is 22.8 Å². The van der Waals surface area contributed by atoms with Gasteiger partial charge in [-0.2, -0.15) is 18.4 Å². The van der Waals surface area contributed by atoms with Crippen molar-refractivity contribution < 1.29 is 22.8 Å². The monoisotopic (exact) mass is 501 g/mol. The van der Waals surface area contributed by atoms with Crippen molar-refractivity contribution in [1.82, 2.24) is 15.3 Å². The van der Waals surface area contributed by atoms with Gasteiger partial charge in [-0.25, -0.2) is 4.98 Å². The summed E-state index contributed by atoms with van der Waals surface area (Å²) in [6.45, 7) is 4.88. The molecule has 1 aromatic heterocycles. The lowest BCUT2D eigenvalue weighted by Gasteiger charge is -2.26. The number of aromatic amines is 1. The lowest BCUT2D eigenvalue weighted by atomic mass is 9.84. The lowest BCUT2D eigenvalue weighted by Crippen LogP contribution is -2.26. The average molecular weight is 502 g/mol. The Morgan fingerprint density at radius 2 is 1.89 bits per heavy atom. The van der Waals surface area contributed by atoms with E-state index in [2.05, 4.69) is 45.7 Å². The predicted octanol–water partition coefficient (Wildman–Crippen LogP) is 5.34. The zero-order valence-corrected chi connectivity index (χ0v) is 20.3. The molecule has 2 heterocycles. The number of allylic oxidation sites excluding steroid dienone is 2. The van der Waals surface area contributed by atoms with Crippen LogP contribution in [-0.4, -0.2) is 40.9 Å². The van der Waals surface area contributed by atoms with Gasteiger partial charge >= 0.3 is 6.18 Å². The molecule has 2 aromatic rings. The molecule has 1 aliphatic carbocycles. The molecule has 4 rings (SSSR count). The molecule has 0 spiro atoms. The third-order valence-corrected chi connectivity index (χ3v) is 6.43. The van der Waals surface area contributed by atoms with E-state index in [1.54, 1.807) is 0 Å². The van der Waals surface area contributed by atoms with Gasteiger partial charge in [-0.3, -0.25) is 9.59 Å². The van der Waals surface area contributed by atoms with Crippen molar-refractivity contribution >= 4 is 23.0 Å². The summed E-state index contributed by atoms with van der Waals surface area (Å²) in [5, 5.41) is 15.4. The van der Waals surface area contributed by atoms with Crippen LogP contribution in [0.2, 0.25) is 0 Å². The molecular weight excluding hydrogens is 471 g/mol. The first kappa shape index (κ1) is 27.1. The van der Waals surface area contributed by atoms with Gasteiger partial charge in [-0.05, 0) is 80.3 Å². The van der Waals surface area contributed by atoms with Crippen molar-refractivity contribution in [3.63, 3.8) is 0 Å². The van der Waals surface area contributed by atoms with Crippen molar-refractivity contribution in [3.05, 3.63) is 53.1 Å². The highest BCUT2D eigenvalue weighted by molar-refractivity contribution is 6.03. The first-order valence-corrected chi connectivity index (χ1v) is 12.0. The number of H-pyrrole nitrogens is 1. The first-order valence-electron chi connectivity index (χ1n) is 12.0. The number of nitrogens with zero attached hydrogens (tertiary/aromatic N) is 2. The number of piperidine rings is 1. The minimum atomic E-state index is -4.64. The van der Waals surface area contributed by atoms with Gasteiger partial charge in [-0.15, -0.1) is 0 Å². The van der Waals surface area contributed by atoms with Gasteiger partial charge in [0, 0.05) is 18.2 Å². The fourth-order valence-corrected chi connectivity index (χ4v) is 4.23. The quantitative estimate of drug-likeness (QED) is 0.524. The number of Topliss-reactive ketones (excluding diaryl/α,β-unsaturated/α-hetero) is 1. The fourth-order valence-electron chi connectivity index (χ4n) is 4.23. The van der Waals surface area contributed by atoms with Crippen LogP contribution in [0.3, 0.4) is 0 Å². The summed E-state index contributed by atoms with van der Waals surface area (Å²) >= 11 is 0. The molecule has 0 saturated carbocycles. The average Bonchev–Trinajstić information content (AvgIpc) is 3.35. The summed E-state index contributed by atoms with van der Waals surface area (Å²) in [6.07, 6.45) is 4.62. The Bertz CT molecular complexity index is 1160. The van der Waals surface area contributed by atoms with E-state index >= 15 is 0 Å². The number of rotatable bonds is 4. The second-order valence-electron chi connectivity index (χ2n) is 9.20. The van der Waals surface area contributed by atoms with E-state index < -0.39 is 12.0 Å². The van der Waals surface area contributed by atoms with Crippen molar-refractivity contribution in [2.45, 2.75) is 58.0 Å². The van der Waals surface area contributed by atoms with Crippen LogP contribution in [0.1, 0.15) is 79.3 Å². The van der Waals surface area contributed by atoms with E-state index in [1.165, 1.54) is 23.8 Å². The Morgan fingerprint density at radius 1 is 1.19 bits per heavy atom. The number of amides is 1. The number of carbonyl (C=O) groups is 2. The number of imidazole rings is 1. The maximum atomic E-state index is 12.7. The third-order valence-electron chi connectivity index (χ3n) is 6.43. The molecule has 10 heteroatoms. The molecule has 36 heavy (non-hydrogen) atoms. The molecule has 0 radical (unpaired) electrons. The number of nitriles is 1. The summed E-state index contributed by atoms with van der Waals surface area (Å²) < 4.78 is 32.5. The molecule has 1 fully saturated rings. The predicted molar refractivity (Wildman–Crippen MR) is 130 cm³/mol. The number of halogens is 3. The maximum absolute atomic E-state index is 12.7. The van der Waals surface area contributed by atoms with Crippen molar-refractivity contribution in [2.24, 2.45) is 5.92 Å². The van der Waals surface area contributed by atoms with Gasteiger partial charge in [0.25, 0.3) is 5.91 Å². The number of hydrogen-bond donors (Lipinski definition) is 3. The minimum absolute atomic E-state index is 0.154. The SMILES string of the molecule is CC(=O)C(F)(F)F.CC1CC=C(c2cc(C3CCNCC3)ccc2NC(=O)c2ncc(C#N)[nH]2)CC1. The molecule has 1 atom stereocenters. The van der Waals surface area contributed by atoms with Crippen LogP contribution in [0.4, 0.5) is 18.9 Å². The van der Waals surface area contributed by atoms with E-state index in [0.29, 0.717) is 18.8 Å². The van der Waals surface area contributed by atoms with Gasteiger partial charge < -0.3 is 15.6 Å². The second-order valence-corrected chi connectivity index (χ2v) is 9.20. The van der Waals surface area contributed by atoms with Gasteiger partial charge in [0.2, 0.25) is 5.78 Å². The maximum Gasteiger partial charge on any atom is 0.449 e. The summed E-state index contributed by atoms with van der Waals surface area (Å²) in [7, 11) is 0. The van der Waals surface area contributed by atoms with Crippen molar-refractivity contribution in [2.75, 3.05) is 18.4 Å². The Labute approximate surface area is 208 Å². The number of anilines is 1. The fraction of sp³-hybridized carbons (Fsp3) is 0.462. The number of nitrogens with one attached hydrogen (secondary N) is 3. The zero-order chi connectivity index (χ0) is 26.3. The number of alkyl halides is 3. The highest BCUT2D eigenvalue weighted by Gasteiger charge is 2.33. The normalized spacial score (nSPS) is 18.3. The number of carbonyl (C=O) groups excluding carboxylic acids is 2. The van der Waals surface area contributed by atoms with E-state index in [1.807, 2.05) is 12.1 Å². The molecule has 2 aliphatic rings. The van der Waals surface area contributed by atoms with E-state index in [4.69, 9.17) is 5.26 Å². The molecule has 1 saturated heterocycles. The molecule has 1 unspecified atom stereocenters. The Kier molecular flexibility index (Phi) is 9.04. The summed E-state index contributed by atoms with van der Waals surface area (Å²) in [4.78, 5) is 28.8. The lowest BCUT2D eigenvalue weighted by molar-refractivity contribution is -0.168. The smallest absolute Gasteiger partial charge is 0.326 e. The summed E-state index contributed by atoms with van der Waals surface area (Å²) in [6, 6.07) is 8.41. The molecule has 192 valence electrons. The molecule has 1 aromatic carbocycles. The zero-order valence-electron chi connectivity index (χ0n) is 20.3. The molecular formula is C26H30F3N5O2. The Hall–Kier alpha value is -3.45. The van der Waals surface area contributed by atoms with Crippen LogP contribution in [0.25, 0.3) is 5.57 Å². The third kappa shape index (κ3) is 7.28. The summed E-state index contributed by atoms with van der Waals surface area (Å²) in [5.41, 5.74) is 4.87. The molecule has 7 nitrogen and oxygen atoms in total. The van der Waals surface area contributed by atoms with E-state index in [0.717, 1.165) is 50.0 Å². The number of ketones is 1. The molecule has 0 bridgehead atoms. The molecule has 1 amide bonds. The van der Waals surface area contributed by atoms with Crippen LogP contribution in [0.15, 0.2) is 30.5 Å². The Balaban J connectivity index is 0.000000454. The van der Waals surface area contributed by atoms with Gasteiger partial charge in [0.05, 0.1) is 6.20 Å². The van der Waals surface area contributed by atoms with Gasteiger partial charge in [-0.1, -0.05) is 19.1 Å². The standard InChI is InChI=1S/C23H27N5O.C3H3F3O/c1-15-2-4-17(5-3-15)20-12-18(16-8-10-25-11-9-16)6-7-21(20)28-23(29)22-26-14-19(13-24)27-22;1-2(7)3(4,5)6/h4,6-7,12,14-16,25H,2-3,5,8-11H2,1H3,(H,26,27)(H,28,29);1H3. The highest BCUT2D eigenvalue weighted by Crippen LogP contribution is 2.37. The van der Waals surface area contributed by atoms with Crippen LogP contribution < -0.4 is 10.6 Å². The molecule has 3 N–H and O–H groups in total. The summed E-state index contributed by atoms with van der Waals surface area (Å²) in [5.74, 6) is -0.663. The van der Waals surface area contributed by atoms with Crippen LogP contribution >= 0.6 is 0 Å². The topological polar surface area (TPSA) is 111 Å². The highest BCUT2D eigenvalue weighted by atomic mass is 19.4. The van der Waals surface area contributed by atoms with Gasteiger partial charge in [0.15, 0.2) is 5.82 Å². The van der Waals surface area contributed by atoms with Gasteiger partial charge in [0.1, 0.15) is 11.8 Å². The second kappa shape index (κ2) is 12.0.